The van der Waals surface area contributed by atoms with Crippen molar-refractivity contribution >= 4 is 18.9 Å². The van der Waals surface area contributed by atoms with Crippen LogP contribution in [0.4, 0.5) is 0 Å². The van der Waals surface area contributed by atoms with E-state index in [1.54, 1.807) is 0 Å². The lowest BCUT2D eigenvalue weighted by molar-refractivity contribution is -0.135. The minimum Gasteiger partial charge on any atom is -0.426 e. The molecule has 1 aliphatic heterocycles. The zero-order chi connectivity index (χ0) is 18.6. The van der Waals surface area contributed by atoms with Crippen molar-refractivity contribution in [2.45, 2.75) is 45.1 Å². The third-order valence-corrected chi connectivity index (χ3v) is 4.64. The molecule has 1 aromatic rings. The molecule has 0 aromatic heterocycles. The van der Waals surface area contributed by atoms with E-state index in [0.29, 0.717) is 19.4 Å². The second kappa shape index (κ2) is 8.31. The van der Waals surface area contributed by atoms with Crippen molar-refractivity contribution in [3.05, 3.63) is 47.5 Å². The zero-order valence-corrected chi connectivity index (χ0v) is 14.7. The smallest absolute Gasteiger partial charge is 0.426 e. The fraction of sp³-hybridized carbons (Fsp3) is 0.444. The molecule has 134 valence electrons. The summed E-state index contributed by atoms with van der Waals surface area (Å²) in [5, 5.41) is 22.0. The molecule has 0 aliphatic carbocycles. The van der Waals surface area contributed by atoms with Gasteiger partial charge in [-0.05, 0) is 50.3 Å². The second-order valence-electron chi connectivity index (χ2n) is 6.56. The Bertz CT molecular complexity index is 662. The highest BCUT2D eigenvalue weighted by Gasteiger charge is 2.35. The van der Waals surface area contributed by atoms with Gasteiger partial charge >= 0.3 is 7.12 Å². The number of carbonyl (C=O) groups is 2. The summed E-state index contributed by atoms with van der Waals surface area (Å²) in [6.45, 7) is 7.90. The summed E-state index contributed by atoms with van der Waals surface area (Å²) in [6.07, 6.45) is 2.79. The SMILES string of the molecule is C=CC(=O)N1CCC[C@H]1C(=O)N[C@@H](Cc1ccc(C)cc1C)B(O)O. The summed E-state index contributed by atoms with van der Waals surface area (Å²) in [5.74, 6) is -1.49. The average Bonchev–Trinajstić information content (AvgIpc) is 3.05. The molecule has 0 radical (unpaired) electrons. The van der Waals surface area contributed by atoms with Crippen LogP contribution >= 0.6 is 0 Å². The van der Waals surface area contributed by atoms with Crippen LogP contribution in [0.5, 0.6) is 0 Å². The Kier molecular flexibility index (Phi) is 6.39. The van der Waals surface area contributed by atoms with E-state index in [4.69, 9.17) is 0 Å². The fourth-order valence-electron chi connectivity index (χ4n) is 3.24. The van der Waals surface area contributed by atoms with Crippen LogP contribution in [0.25, 0.3) is 0 Å². The van der Waals surface area contributed by atoms with E-state index in [0.717, 1.165) is 23.1 Å². The number of nitrogens with zero attached hydrogens (tertiary/aromatic N) is 1. The molecule has 7 heteroatoms. The van der Waals surface area contributed by atoms with Gasteiger partial charge in [0.25, 0.3) is 0 Å². The summed E-state index contributed by atoms with van der Waals surface area (Å²) < 4.78 is 0. The number of hydrogen-bond donors (Lipinski definition) is 3. The molecular weight excluding hydrogens is 319 g/mol. The highest BCUT2D eigenvalue weighted by atomic mass is 16.4. The molecular formula is C18H25BN2O4. The van der Waals surface area contributed by atoms with Gasteiger partial charge in [0.15, 0.2) is 0 Å². The van der Waals surface area contributed by atoms with Crippen molar-refractivity contribution in [3.63, 3.8) is 0 Å². The first-order valence-corrected chi connectivity index (χ1v) is 8.49. The molecule has 3 N–H and O–H groups in total. The minimum absolute atomic E-state index is 0.284. The van der Waals surface area contributed by atoms with E-state index in [1.807, 2.05) is 32.0 Å². The lowest BCUT2D eigenvalue weighted by Gasteiger charge is -2.26. The topological polar surface area (TPSA) is 89.9 Å². The molecule has 1 aromatic carbocycles. The number of rotatable bonds is 6. The maximum Gasteiger partial charge on any atom is 0.475 e. The van der Waals surface area contributed by atoms with E-state index in [9.17, 15) is 19.6 Å². The average molecular weight is 344 g/mol. The summed E-state index contributed by atoms with van der Waals surface area (Å²) in [6, 6.07) is 5.30. The standard InChI is InChI=1S/C18H25BN2O4/c1-4-17(22)21-9-5-6-15(21)18(23)20-16(19(24)25)11-14-8-7-12(2)10-13(14)3/h4,7-8,10,15-16,24-25H,1,5-6,9,11H2,2-3H3,(H,20,23)/t15-,16-/m0/s1. The van der Waals surface area contributed by atoms with Gasteiger partial charge in [-0.3, -0.25) is 9.59 Å². The summed E-state index contributed by atoms with van der Waals surface area (Å²) in [4.78, 5) is 25.9. The Labute approximate surface area is 148 Å². The number of carbonyl (C=O) groups excluding carboxylic acids is 2. The Morgan fingerprint density at radius 1 is 1.44 bits per heavy atom. The molecule has 0 bridgehead atoms. The Hall–Kier alpha value is -2.12. The molecule has 1 fully saturated rings. The maximum atomic E-state index is 12.6. The van der Waals surface area contributed by atoms with E-state index < -0.39 is 19.1 Å². The van der Waals surface area contributed by atoms with Crippen molar-refractivity contribution in [3.8, 4) is 0 Å². The van der Waals surface area contributed by atoms with Gasteiger partial charge in [-0.25, -0.2) is 0 Å². The molecule has 2 rings (SSSR count). The molecule has 0 unspecified atom stereocenters. The molecule has 6 nitrogen and oxygen atoms in total. The lowest BCUT2D eigenvalue weighted by atomic mass is 9.75. The van der Waals surface area contributed by atoms with Gasteiger partial charge in [0.05, 0.1) is 5.94 Å². The minimum atomic E-state index is -1.69. The van der Waals surface area contributed by atoms with Crippen molar-refractivity contribution in [2.24, 2.45) is 0 Å². The Balaban J connectivity index is 2.09. The largest absolute Gasteiger partial charge is 0.475 e. The predicted molar refractivity (Wildman–Crippen MR) is 96.7 cm³/mol. The summed E-state index contributed by atoms with van der Waals surface area (Å²) in [5.41, 5.74) is 3.09. The van der Waals surface area contributed by atoms with Crippen LogP contribution in [0.2, 0.25) is 0 Å². The highest BCUT2D eigenvalue weighted by Crippen LogP contribution is 2.19. The van der Waals surface area contributed by atoms with Crippen LogP contribution in [-0.4, -0.2) is 52.4 Å². The number of hydrogen-bond acceptors (Lipinski definition) is 4. The number of amides is 2. The molecule has 0 saturated carbocycles. The second-order valence-corrected chi connectivity index (χ2v) is 6.56. The molecule has 25 heavy (non-hydrogen) atoms. The third kappa shape index (κ3) is 4.71. The number of aryl methyl sites for hydroxylation is 2. The summed E-state index contributed by atoms with van der Waals surface area (Å²) in [7, 11) is -1.69. The van der Waals surface area contributed by atoms with Crippen LogP contribution in [0, 0.1) is 13.8 Å². The van der Waals surface area contributed by atoms with Crippen molar-refractivity contribution in [1.29, 1.82) is 0 Å². The molecule has 1 heterocycles. The third-order valence-electron chi connectivity index (χ3n) is 4.64. The van der Waals surface area contributed by atoms with E-state index in [2.05, 4.69) is 11.9 Å². The van der Waals surface area contributed by atoms with E-state index in [1.165, 1.54) is 11.0 Å². The van der Waals surface area contributed by atoms with Crippen LogP contribution < -0.4 is 5.32 Å². The van der Waals surface area contributed by atoms with Gasteiger partial charge in [0.1, 0.15) is 6.04 Å². The van der Waals surface area contributed by atoms with Gasteiger partial charge in [-0.1, -0.05) is 30.3 Å². The van der Waals surface area contributed by atoms with Gasteiger partial charge in [-0.15, -0.1) is 0 Å². The van der Waals surface area contributed by atoms with Crippen LogP contribution in [0.15, 0.2) is 30.9 Å². The quantitative estimate of drug-likeness (QED) is 0.518. The first kappa shape index (κ1) is 19.2. The molecule has 0 spiro atoms. The molecule has 2 amide bonds. The van der Waals surface area contributed by atoms with Crippen LogP contribution in [0.3, 0.4) is 0 Å². The van der Waals surface area contributed by atoms with Gasteiger partial charge in [0.2, 0.25) is 11.8 Å². The monoisotopic (exact) mass is 344 g/mol. The first-order valence-electron chi connectivity index (χ1n) is 8.49. The lowest BCUT2D eigenvalue weighted by Crippen LogP contribution is -2.54. The van der Waals surface area contributed by atoms with Gasteiger partial charge in [-0.2, -0.15) is 0 Å². The molecule has 1 saturated heterocycles. The Morgan fingerprint density at radius 3 is 2.76 bits per heavy atom. The highest BCUT2D eigenvalue weighted by molar-refractivity contribution is 6.43. The zero-order valence-electron chi connectivity index (χ0n) is 14.7. The Morgan fingerprint density at radius 2 is 2.16 bits per heavy atom. The normalized spacial score (nSPS) is 17.9. The molecule has 2 atom stereocenters. The summed E-state index contributed by atoms with van der Waals surface area (Å²) >= 11 is 0. The van der Waals surface area contributed by atoms with E-state index >= 15 is 0 Å². The van der Waals surface area contributed by atoms with Crippen molar-refractivity contribution in [1.82, 2.24) is 10.2 Å². The first-order chi connectivity index (χ1) is 11.8. The van der Waals surface area contributed by atoms with Crippen LogP contribution in [0.1, 0.15) is 29.5 Å². The van der Waals surface area contributed by atoms with Crippen molar-refractivity contribution < 1.29 is 19.6 Å². The number of nitrogens with one attached hydrogen (secondary N) is 1. The van der Waals surface area contributed by atoms with Crippen molar-refractivity contribution in [2.75, 3.05) is 6.54 Å². The fourth-order valence-corrected chi connectivity index (χ4v) is 3.24. The molecule has 1 aliphatic rings. The van der Waals surface area contributed by atoms with Gasteiger partial charge < -0.3 is 20.3 Å². The number of benzene rings is 1. The maximum absolute atomic E-state index is 12.6. The van der Waals surface area contributed by atoms with E-state index in [-0.39, 0.29) is 11.8 Å². The van der Waals surface area contributed by atoms with Crippen LogP contribution in [-0.2, 0) is 16.0 Å². The van der Waals surface area contributed by atoms with Gasteiger partial charge in [0, 0.05) is 6.54 Å². The number of likely N-dealkylation sites (tertiary alicyclic amines) is 1. The predicted octanol–water partition coefficient (Wildman–Crippen LogP) is 0.520.